The Morgan fingerprint density at radius 2 is 2.05 bits per heavy atom. The number of carbonyl (C=O) groups is 1. The molecular formula is C13H12ClF4NO2. The van der Waals surface area contributed by atoms with Crippen LogP contribution in [0.4, 0.5) is 17.6 Å². The summed E-state index contributed by atoms with van der Waals surface area (Å²) in [5, 5.41) is 9.33. The summed E-state index contributed by atoms with van der Waals surface area (Å²) >= 11 is 5.93. The monoisotopic (exact) mass is 325 g/mol. The molecule has 1 heterocycles. The third-order valence-corrected chi connectivity index (χ3v) is 3.82. The zero-order valence-corrected chi connectivity index (χ0v) is 11.5. The van der Waals surface area contributed by atoms with E-state index in [0.29, 0.717) is 0 Å². The number of halogens is 5. The lowest BCUT2D eigenvalue weighted by atomic mass is 9.89. The van der Waals surface area contributed by atoms with Gasteiger partial charge in [-0.05, 0) is 23.8 Å². The topological polar surface area (TPSA) is 40.5 Å². The molecule has 2 rings (SSSR count). The van der Waals surface area contributed by atoms with Gasteiger partial charge in [-0.25, -0.2) is 4.39 Å². The first-order valence-electron chi connectivity index (χ1n) is 6.14. The van der Waals surface area contributed by atoms with Crippen LogP contribution in [0.3, 0.4) is 0 Å². The molecule has 0 bridgehead atoms. The van der Waals surface area contributed by atoms with E-state index in [9.17, 15) is 27.5 Å². The second-order valence-corrected chi connectivity index (χ2v) is 5.43. The van der Waals surface area contributed by atoms with Crippen molar-refractivity contribution in [2.24, 2.45) is 5.92 Å². The lowest BCUT2D eigenvalue weighted by Crippen LogP contribution is -2.33. The van der Waals surface area contributed by atoms with Gasteiger partial charge in [0.2, 0.25) is 0 Å². The summed E-state index contributed by atoms with van der Waals surface area (Å²) in [4.78, 5) is 12.3. The fourth-order valence-corrected chi connectivity index (χ4v) is 2.89. The van der Waals surface area contributed by atoms with E-state index in [2.05, 4.69) is 0 Å². The molecule has 2 unspecified atom stereocenters. The summed E-state index contributed by atoms with van der Waals surface area (Å²) in [6.45, 7) is -1.56. The summed E-state index contributed by atoms with van der Waals surface area (Å²) in [5.74, 6) is -3.64. The Balaban J connectivity index is 2.28. The Morgan fingerprint density at radius 1 is 1.38 bits per heavy atom. The summed E-state index contributed by atoms with van der Waals surface area (Å²) in [5.41, 5.74) is 0.230. The maximum atomic E-state index is 13.3. The van der Waals surface area contributed by atoms with Crippen molar-refractivity contribution in [3.8, 4) is 0 Å². The molecule has 1 aromatic carbocycles. The quantitative estimate of drug-likeness (QED) is 0.868. The average Bonchev–Trinajstić information content (AvgIpc) is 2.73. The minimum absolute atomic E-state index is 0.125. The third-order valence-electron chi connectivity index (χ3n) is 3.47. The lowest BCUT2D eigenvalue weighted by Gasteiger charge is -2.18. The summed E-state index contributed by atoms with van der Waals surface area (Å²) in [7, 11) is 0. The molecule has 3 nitrogen and oxygen atoms in total. The molecule has 0 spiro atoms. The van der Waals surface area contributed by atoms with E-state index in [1.54, 1.807) is 0 Å². The van der Waals surface area contributed by atoms with E-state index in [1.807, 2.05) is 0 Å². The van der Waals surface area contributed by atoms with Gasteiger partial charge in [0.15, 0.2) is 0 Å². The van der Waals surface area contributed by atoms with Gasteiger partial charge in [0.25, 0.3) is 0 Å². The summed E-state index contributed by atoms with van der Waals surface area (Å²) in [6, 6.07) is 3.47. The third kappa shape index (κ3) is 3.85. The van der Waals surface area contributed by atoms with Gasteiger partial charge in [-0.3, -0.25) is 9.69 Å². The van der Waals surface area contributed by atoms with E-state index in [-0.39, 0.29) is 23.7 Å². The van der Waals surface area contributed by atoms with Gasteiger partial charge in [-0.1, -0.05) is 11.6 Å². The van der Waals surface area contributed by atoms with Gasteiger partial charge in [0.1, 0.15) is 5.82 Å². The molecule has 0 aromatic heterocycles. The Morgan fingerprint density at radius 3 is 2.62 bits per heavy atom. The first kappa shape index (κ1) is 16.0. The van der Waals surface area contributed by atoms with Crippen molar-refractivity contribution in [3.63, 3.8) is 0 Å². The molecule has 0 radical (unpaired) electrons. The van der Waals surface area contributed by atoms with Gasteiger partial charge < -0.3 is 5.11 Å². The molecule has 1 fully saturated rings. The maximum absolute atomic E-state index is 13.3. The average molecular weight is 326 g/mol. The predicted octanol–water partition coefficient (Wildman–Crippen LogP) is 3.14. The van der Waals surface area contributed by atoms with Crippen molar-refractivity contribution in [1.82, 2.24) is 4.90 Å². The Bertz CT molecular complexity index is 549. The highest BCUT2D eigenvalue weighted by Crippen LogP contribution is 2.37. The normalized spacial score (nSPS) is 23.5. The van der Waals surface area contributed by atoms with E-state index in [4.69, 9.17) is 11.6 Å². The second kappa shape index (κ2) is 5.81. The van der Waals surface area contributed by atoms with Crippen molar-refractivity contribution >= 4 is 17.6 Å². The molecule has 1 N–H and O–H groups in total. The molecule has 1 aliphatic heterocycles. The number of carboxylic acids is 1. The predicted molar refractivity (Wildman–Crippen MR) is 67.8 cm³/mol. The molecule has 21 heavy (non-hydrogen) atoms. The molecule has 0 saturated carbocycles. The number of benzene rings is 1. The molecule has 1 aliphatic rings. The fourth-order valence-electron chi connectivity index (χ4n) is 2.63. The first-order valence-corrected chi connectivity index (χ1v) is 6.52. The highest BCUT2D eigenvalue weighted by atomic mass is 35.5. The Kier molecular flexibility index (Phi) is 4.43. The maximum Gasteiger partial charge on any atom is 0.401 e. The number of alkyl halides is 3. The zero-order chi connectivity index (χ0) is 15.8. The summed E-state index contributed by atoms with van der Waals surface area (Å²) in [6.07, 6.45) is -4.41. The first-order chi connectivity index (χ1) is 9.67. The highest BCUT2D eigenvalue weighted by molar-refractivity contribution is 6.31. The van der Waals surface area contributed by atoms with Crippen LogP contribution < -0.4 is 0 Å². The van der Waals surface area contributed by atoms with Crippen LogP contribution in [-0.2, 0) is 4.79 Å². The van der Waals surface area contributed by atoms with Crippen LogP contribution in [0.2, 0.25) is 5.02 Å². The van der Waals surface area contributed by atoms with E-state index < -0.39 is 36.3 Å². The van der Waals surface area contributed by atoms with E-state index in [0.717, 1.165) is 17.0 Å². The number of aliphatic carboxylic acids is 1. The van der Waals surface area contributed by atoms with Gasteiger partial charge in [0, 0.05) is 24.0 Å². The van der Waals surface area contributed by atoms with Crippen LogP contribution >= 0.6 is 11.6 Å². The second-order valence-electron chi connectivity index (χ2n) is 5.03. The van der Waals surface area contributed by atoms with Crippen LogP contribution in [0.15, 0.2) is 18.2 Å². The van der Waals surface area contributed by atoms with Crippen LogP contribution in [0.5, 0.6) is 0 Å². The number of hydrogen-bond acceptors (Lipinski definition) is 2. The number of likely N-dealkylation sites (tertiary alicyclic amines) is 1. The highest BCUT2D eigenvalue weighted by Gasteiger charge is 2.43. The van der Waals surface area contributed by atoms with E-state index >= 15 is 0 Å². The number of rotatable bonds is 3. The largest absolute Gasteiger partial charge is 0.481 e. The fraction of sp³-hybridized carbons (Fsp3) is 0.462. The molecule has 2 atom stereocenters. The van der Waals surface area contributed by atoms with Crippen molar-refractivity contribution in [1.29, 1.82) is 0 Å². The van der Waals surface area contributed by atoms with Crippen LogP contribution in [0.1, 0.15) is 11.5 Å². The molecule has 1 aromatic rings. The Hall–Kier alpha value is -1.34. The van der Waals surface area contributed by atoms with Gasteiger partial charge in [-0.2, -0.15) is 13.2 Å². The van der Waals surface area contributed by atoms with Crippen LogP contribution in [0, 0.1) is 11.7 Å². The van der Waals surface area contributed by atoms with Gasteiger partial charge in [-0.15, -0.1) is 0 Å². The number of nitrogens with zero attached hydrogens (tertiary/aromatic N) is 1. The molecule has 1 saturated heterocycles. The van der Waals surface area contributed by atoms with Crippen molar-refractivity contribution in [2.45, 2.75) is 12.1 Å². The lowest BCUT2D eigenvalue weighted by molar-refractivity contribution is -0.147. The number of hydrogen-bond donors (Lipinski definition) is 1. The minimum atomic E-state index is -4.41. The SMILES string of the molecule is O=C(O)C1CN(CC(F)(F)F)CC1c1cc(F)ccc1Cl. The van der Waals surface area contributed by atoms with Gasteiger partial charge >= 0.3 is 12.1 Å². The molecule has 116 valence electrons. The molecule has 8 heteroatoms. The van der Waals surface area contributed by atoms with Crippen molar-refractivity contribution in [2.75, 3.05) is 19.6 Å². The Labute approximate surface area is 123 Å². The smallest absolute Gasteiger partial charge is 0.401 e. The zero-order valence-electron chi connectivity index (χ0n) is 10.7. The minimum Gasteiger partial charge on any atom is -0.481 e. The van der Waals surface area contributed by atoms with Crippen LogP contribution in [0.25, 0.3) is 0 Å². The standard InChI is InChI=1S/C13H12ClF4NO2/c14-11-2-1-7(15)3-8(11)9-4-19(6-13(16,17)18)5-10(9)12(20)21/h1-3,9-10H,4-6H2,(H,20,21). The van der Waals surface area contributed by atoms with Crippen molar-refractivity contribution < 1.29 is 27.5 Å². The van der Waals surface area contributed by atoms with Crippen molar-refractivity contribution in [3.05, 3.63) is 34.6 Å². The van der Waals surface area contributed by atoms with Crippen LogP contribution in [-0.4, -0.2) is 41.8 Å². The summed E-state index contributed by atoms with van der Waals surface area (Å²) < 4.78 is 50.6. The molecular weight excluding hydrogens is 314 g/mol. The number of carboxylic acid groups (broad SMARTS) is 1. The van der Waals surface area contributed by atoms with Gasteiger partial charge in [0.05, 0.1) is 12.5 Å². The van der Waals surface area contributed by atoms with E-state index in [1.165, 1.54) is 6.07 Å². The molecule has 0 aliphatic carbocycles. The molecule has 0 amide bonds.